The van der Waals surface area contributed by atoms with Gasteiger partial charge in [0.15, 0.2) is 6.61 Å². The van der Waals surface area contributed by atoms with E-state index < -0.39 is 0 Å². The highest BCUT2D eigenvalue weighted by atomic mass is 16.5. The van der Waals surface area contributed by atoms with Crippen molar-refractivity contribution in [1.82, 2.24) is 5.32 Å². The summed E-state index contributed by atoms with van der Waals surface area (Å²) >= 11 is 0. The molecule has 2 rings (SSSR count). The zero-order chi connectivity index (χ0) is 16.7. The van der Waals surface area contributed by atoms with Crippen molar-refractivity contribution in [2.45, 2.75) is 33.4 Å². The molecule has 0 heterocycles. The number of benzene rings is 2. The van der Waals surface area contributed by atoms with Crippen molar-refractivity contribution < 1.29 is 14.3 Å². The van der Waals surface area contributed by atoms with Crippen LogP contribution in [-0.4, -0.2) is 18.6 Å². The van der Waals surface area contributed by atoms with Gasteiger partial charge in [-0.25, -0.2) is 0 Å². The molecule has 0 spiro atoms. The molecule has 2 aromatic carbocycles. The Morgan fingerprint density at radius 2 is 1.61 bits per heavy atom. The SMILES string of the molecule is Cc1ccc(OCC(=O)NCc2ccc(OC(C)C)cc2)cc1. The second-order valence-corrected chi connectivity index (χ2v) is 5.69. The molecule has 0 radical (unpaired) electrons. The molecule has 4 nitrogen and oxygen atoms in total. The lowest BCUT2D eigenvalue weighted by molar-refractivity contribution is -0.123. The van der Waals surface area contributed by atoms with Gasteiger partial charge in [0.05, 0.1) is 6.10 Å². The van der Waals surface area contributed by atoms with E-state index in [9.17, 15) is 4.79 Å². The third kappa shape index (κ3) is 6.02. The van der Waals surface area contributed by atoms with Crippen molar-refractivity contribution in [2.75, 3.05) is 6.61 Å². The highest BCUT2D eigenvalue weighted by Gasteiger charge is 2.03. The minimum atomic E-state index is -0.145. The van der Waals surface area contributed by atoms with Gasteiger partial charge in [-0.05, 0) is 50.6 Å². The lowest BCUT2D eigenvalue weighted by Crippen LogP contribution is -2.28. The first-order valence-corrected chi connectivity index (χ1v) is 7.74. The molecule has 0 aromatic heterocycles. The maximum absolute atomic E-state index is 11.8. The Labute approximate surface area is 137 Å². The largest absolute Gasteiger partial charge is 0.491 e. The van der Waals surface area contributed by atoms with Crippen LogP contribution in [0.3, 0.4) is 0 Å². The van der Waals surface area contributed by atoms with Crippen LogP contribution in [0.1, 0.15) is 25.0 Å². The van der Waals surface area contributed by atoms with Crippen molar-refractivity contribution in [3.05, 3.63) is 59.7 Å². The molecule has 0 aliphatic heterocycles. The second kappa shape index (κ2) is 8.22. The molecule has 0 fully saturated rings. The first kappa shape index (κ1) is 16.9. The van der Waals surface area contributed by atoms with Gasteiger partial charge in [-0.3, -0.25) is 4.79 Å². The third-order valence-corrected chi connectivity index (χ3v) is 3.18. The van der Waals surface area contributed by atoms with Crippen LogP contribution in [-0.2, 0) is 11.3 Å². The van der Waals surface area contributed by atoms with Crippen molar-refractivity contribution in [2.24, 2.45) is 0 Å². The molecule has 0 saturated carbocycles. The maximum atomic E-state index is 11.8. The molecular weight excluding hydrogens is 290 g/mol. The molecule has 0 bridgehead atoms. The zero-order valence-electron chi connectivity index (χ0n) is 13.8. The predicted octanol–water partition coefficient (Wildman–Crippen LogP) is 3.48. The molecule has 0 atom stereocenters. The van der Waals surface area contributed by atoms with Crippen molar-refractivity contribution in [3.8, 4) is 11.5 Å². The van der Waals surface area contributed by atoms with E-state index in [1.54, 1.807) is 0 Å². The van der Waals surface area contributed by atoms with Gasteiger partial charge in [-0.1, -0.05) is 29.8 Å². The average molecular weight is 313 g/mol. The van der Waals surface area contributed by atoms with Crippen LogP contribution in [0.15, 0.2) is 48.5 Å². The Bertz CT molecular complexity index is 618. The topological polar surface area (TPSA) is 47.6 Å². The zero-order valence-corrected chi connectivity index (χ0v) is 13.8. The van der Waals surface area contributed by atoms with Gasteiger partial charge in [-0.2, -0.15) is 0 Å². The van der Waals surface area contributed by atoms with Crippen molar-refractivity contribution in [3.63, 3.8) is 0 Å². The Morgan fingerprint density at radius 3 is 2.22 bits per heavy atom. The van der Waals surface area contributed by atoms with E-state index >= 15 is 0 Å². The number of hydrogen-bond acceptors (Lipinski definition) is 3. The van der Waals surface area contributed by atoms with Crippen LogP contribution in [0.4, 0.5) is 0 Å². The molecule has 0 aliphatic carbocycles. The van der Waals surface area contributed by atoms with Gasteiger partial charge < -0.3 is 14.8 Å². The fourth-order valence-electron chi connectivity index (χ4n) is 1.99. The lowest BCUT2D eigenvalue weighted by atomic mass is 10.2. The standard InChI is InChI=1S/C19H23NO3/c1-14(2)23-18-10-6-16(7-11-18)12-20-19(21)13-22-17-8-4-15(3)5-9-17/h4-11,14H,12-13H2,1-3H3,(H,20,21). The Hall–Kier alpha value is -2.49. The Kier molecular flexibility index (Phi) is 6.03. The van der Waals surface area contributed by atoms with Crippen molar-refractivity contribution in [1.29, 1.82) is 0 Å². The Balaban J connectivity index is 1.74. The van der Waals surface area contributed by atoms with E-state index in [1.807, 2.05) is 69.3 Å². The summed E-state index contributed by atoms with van der Waals surface area (Å²) in [5.74, 6) is 1.38. The van der Waals surface area contributed by atoms with E-state index in [-0.39, 0.29) is 18.6 Å². The molecule has 1 amide bonds. The maximum Gasteiger partial charge on any atom is 0.258 e. The molecule has 0 unspecified atom stereocenters. The van der Waals surface area contributed by atoms with Gasteiger partial charge in [0.25, 0.3) is 5.91 Å². The number of aryl methyl sites for hydroxylation is 1. The highest BCUT2D eigenvalue weighted by molar-refractivity contribution is 5.77. The second-order valence-electron chi connectivity index (χ2n) is 5.69. The van der Waals surface area contributed by atoms with E-state index in [0.717, 1.165) is 16.9 Å². The monoisotopic (exact) mass is 313 g/mol. The molecular formula is C19H23NO3. The number of carbonyl (C=O) groups is 1. The van der Waals surface area contributed by atoms with E-state index in [2.05, 4.69) is 5.32 Å². The number of hydrogen-bond donors (Lipinski definition) is 1. The summed E-state index contributed by atoms with van der Waals surface area (Å²) in [6, 6.07) is 15.3. The van der Waals surface area contributed by atoms with Crippen LogP contribution >= 0.6 is 0 Å². The van der Waals surface area contributed by atoms with Gasteiger partial charge in [0.1, 0.15) is 11.5 Å². The fourth-order valence-corrected chi connectivity index (χ4v) is 1.99. The summed E-state index contributed by atoms with van der Waals surface area (Å²) in [5.41, 5.74) is 2.18. The number of ether oxygens (including phenoxy) is 2. The minimum Gasteiger partial charge on any atom is -0.491 e. The average Bonchev–Trinajstić information content (AvgIpc) is 2.53. The van der Waals surface area contributed by atoms with E-state index in [1.165, 1.54) is 0 Å². The first-order chi connectivity index (χ1) is 11.0. The smallest absolute Gasteiger partial charge is 0.258 e. The summed E-state index contributed by atoms with van der Waals surface area (Å²) in [6.45, 7) is 6.47. The van der Waals surface area contributed by atoms with E-state index in [0.29, 0.717) is 12.3 Å². The van der Waals surface area contributed by atoms with Crippen LogP contribution in [0.25, 0.3) is 0 Å². The summed E-state index contributed by atoms with van der Waals surface area (Å²) in [6.07, 6.45) is 0.152. The molecule has 122 valence electrons. The Morgan fingerprint density at radius 1 is 1.00 bits per heavy atom. The normalized spacial score (nSPS) is 10.4. The van der Waals surface area contributed by atoms with Crippen molar-refractivity contribution >= 4 is 5.91 Å². The molecule has 0 saturated heterocycles. The summed E-state index contributed by atoms with van der Waals surface area (Å²) in [4.78, 5) is 11.8. The first-order valence-electron chi connectivity index (χ1n) is 7.74. The third-order valence-electron chi connectivity index (χ3n) is 3.18. The van der Waals surface area contributed by atoms with Gasteiger partial charge in [0, 0.05) is 6.54 Å². The molecule has 2 aromatic rings. The van der Waals surface area contributed by atoms with Crippen LogP contribution in [0.2, 0.25) is 0 Å². The lowest BCUT2D eigenvalue weighted by Gasteiger charge is -2.11. The van der Waals surface area contributed by atoms with Gasteiger partial charge in [-0.15, -0.1) is 0 Å². The fraction of sp³-hybridized carbons (Fsp3) is 0.316. The number of amides is 1. The molecule has 4 heteroatoms. The summed E-state index contributed by atoms with van der Waals surface area (Å²) < 4.78 is 11.0. The van der Waals surface area contributed by atoms with Gasteiger partial charge in [0.2, 0.25) is 0 Å². The minimum absolute atomic E-state index is 0.0115. The van der Waals surface area contributed by atoms with Crippen LogP contribution in [0.5, 0.6) is 11.5 Å². The van der Waals surface area contributed by atoms with Gasteiger partial charge >= 0.3 is 0 Å². The number of rotatable bonds is 7. The summed E-state index contributed by atoms with van der Waals surface area (Å²) in [7, 11) is 0. The van der Waals surface area contributed by atoms with E-state index in [4.69, 9.17) is 9.47 Å². The summed E-state index contributed by atoms with van der Waals surface area (Å²) in [5, 5.41) is 2.84. The molecule has 1 N–H and O–H groups in total. The number of carbonyl (C=O) groups excluding carboxylic acids is 1. The van der Waals surface area contributed by atoms with Crippen LogP contribution in [0, 0.1) is 6.92 Å². The van der Waals surface area contributed by atoms with Crippen LogP contribution < -0.4 is 14.8 Å². The highest BCUT2D eigenvalue weighted by Crippen LogP contribution is 2.14. The predicted molar refractivity (Wildman–Crippen MR) is 90.7 cm³/mol. The quantitative estimate of drug-likeness (QED) is 0.851. The molecule has 23 heavy (non-hydrogen) atoms. The number of nitrogens with one attached hydrogen (secondary N) is 1. The molecule has 0 aliphatic rings.